The van der Waals surface area contributed by atoms with Crippen LogP contribution in [-0.4, -0.2) is 16.5 Å². The number of rotatable bonds is 4. The first-order valence-electron chi connectivity index (χ1n) is 5.27. The van der Waals surface area contributed by atoms with Crippen molar-refractivity contribution in [3.63, 3.8) is 0 Å². The van der Waals surface area contributed by atoms with Gasteiger partial charge in [-0.1, -0.05) is 18.2 Å². The molecule has 17 heavy (non-hydrogen) atoms. The predicted octanol–water partition coefficient (Wildman–Crippen LogP) is 2.81. The Labute approximate surface area is 97.9 Å². The van der Waals surface area contributed by atoms with Crippen LogP contribution in [0, 0.1) is 10.1 Å². The third kappa shape index (κ3) is 2.28. The number of benzene rings is 1. The van der Waals surface area contributed by atoms with Gasteiger partial charge in [-0.15, -0.1) is 0 Å². The molecule has 0 bridgehead atoms. The number of nitrogens with zero attached hydrogens (tertiary/aromatic N) is 1. The first-order chi connectivity index (χ1) is 8.22. The molecule has 0 atom stereocenters. The second kappa shape index (κ2) is 4.69. The molecule has 1 aromatic heterocycles. The highest BCUT2D eigenvalue weighted by Gasteiger charge is 2.10. The number of hydrogen-bond acceptors (Lipinski definition) is 3. The normalized spacial score (nSPS) is 11.1. The van der Waals surface area contributed by atoms with Crippen molar-refractivity contribution in [1.29, 1.82) is 0 Å². The van der Waals surface area contributed by atoms with E-state index in [1.807, 2.05) is 31.2 Å². The number of aromatic amines is 1. The topological polar surface area (TPSA) is 68.2 Å². The van der Waals surface area contributed by atoms with Crippen LogP contribution in [0.25, 0.3) is 17.0 Å². The fourth-order valence-corrected chi connectivity index (χ4v) is 1.70. The Kier molecular flexibility index (Phi) is 3.09. The van der Waals surface area contributed by atoms with Crippen LogP contribution in [0.1, 0.15) is 12.5 Å². The highest BCUT2D eigenvalue weighted by molar-refractivity contribution is 5.91. The molecule has 1 heterocycles. The Morgan fingerprint density at radius 2 is 2.24 bits per heavy atom. The maximum atomic E-state index is 10.4. The van der Waals surface area contributed by atoms with Gasteiger partial charge in [-0.05, 0) is 13.0 Å². The van der Waals surface area contributed by atoms with Crippen molar-refractivity contribution in [2.75, 3.05) is 6.61 Å². The summed E-state index contributed by atoms with van der Waals surface area (Å²) in [4.78, 5) is 13.0. The highest BCUT2D eigenvalue weighted by atomic mass is 16.6. The van der Waals surface area contributed by atoms with Crippen molar-refractivity contribution in [3.8, 4) is 5.88 Å². The molecular weight excluding hydrogens is 220 g/mol. The van der Waals surface area contributed by atoms with Gasteiger partial charge in [-0.3, -0.25) is 10.1 Å². The molecule has 1 aromatic carbocycles. The summed E-state index contributed by atoms with van der Waals surface area (Å²) in [7, 11) is 0. The van der Waals surface area contributed by atoms with Crippen LogP contribution in [0.3, 0.4) is 0 Å². The molecule has 0 unspecified atom stereocenters. The molecule has 0 aliphatic carbocycles. The number of hydrogen-bond donors (Lipinski definition) is 1. The summed E-state index contributed by atoms with van der Waals surface area (Å²) >= 11 is 0. The molecule has 5 nitrogen and oxygen atoms in total. The maximum absolute atomic E-state index is 10.4. The van der Waals surface area contributed by atoms with E-state index in [1.54, 1.807) is 0 Å². The summed E-state index contributed by atoms with van der Waals surface area (Å²) in [6, 6.07) is 7.58. The molecular formula is C12H12N2O3. The Bertz CT molecular complexity index is 572. The van der Waals surface area contributed by atoms with E-state index < -0.39 is 4.92 Å². The Morgan fingerprint density at radius 1 is 1.47 bits per heavy atom. The Balaban J connectivity index is 2.55. The van der Waals surface area contributed by atoms with Gasteiger partial charge in [-0.2, -0.15) is 0 Å². The zero-order valence-electron chi connectivity index (χ0n) is 9.34. The minimum Gasteiger partial charge on any atom is -0.479 e. The third-order valence-electron chi connectivity index (χ3n) is 2.36. The number of nitro groups is 1. The van der Waals surface area contributed by atoms with E-state index in [-0.39, 0.29) is 0 Å². The van der Waals surface area contributed by atoms with Crippen molar-refractivity contribution in [2.24, 2.45) is 0 Å². The van der Waals surface area contributed by atoms with Crippen molar-refractivity contribution in [2.45, 2.75) is 6.92 Å². The van der Waals surface area contributed by atoms with E-state index in [9.17, 15) is 10.1 Å². The second-order valence-corrected chi connectivity index (χ2v) is 3.45. The van der Waals surface area contributed by atoms with Crippen molar-refractivity contribution < 1.29 is 9.66 Å². The quantitative estimate of drug-likeness (QED) is 0.651. The minimum atomic E-state index is -0.489. The number of nitrogens with one attached hydrogen (secondary N) is 1. The molecule has 5 heteroatoms. The Morgan fingerprint density at radius 3 is 2.94 bits per heavy atom. The van der Waals surface area contributed by atoms with Crippen molar-refractivity contribution in [1.82, 2.24) is 4.98 Å². The zero-order valence-corrected chi connectivity index (χ0v) is 9.34. The fourth-order valence-electron chi connectivity index (χ4n) is 1.70. The molecule has 0 saturated carbocycles. The SMILES string of the molecule is CCOc1[nH]c2ccccc2c1/C=C/[N+](=O)[O-]. The van der Waals surface area contributed by atoms with Crippen LogP contribution >= 0.6 is 0 Å². The number of ether oxygens (including phenoxy) is 1. The molecule has 0 radical (unpaired) electrons. The molecule has 0 amide bonds. The highest BCUT2D eigenvalue weighted by Crippen LogP contribution is 2.29. The lowest BCUT2D eigenvalue weighted by Crippen LogP contribution is -1.93. The summed E-state index contributed by atoms with van der Waals surface area (Å²) in [6.07, 6.45) is 2.36. The van der Waals surface area contributed by atoms with Gasteiger partial charge >= 0.3 is 0 Å². The van der Waals surface area contributed by atoms with Crippen LogP contribution in [0.15, 0.2) is 30.5 Å². The lowest BCUT2D eigenvalue weighted by molar-refractivity contribution is -0.400. The molecule has 2 rings (SSSR count). The first-order valence-corrected chi connectivity index (χ1v) is 5.27. The molecule has 0 spiro atoms. The number of aromatic nitrogens is 1. The van der Waals surface area contributed by atoms with Gasteiger partial charge in [0.2, 0.25) is 6.20 Å². The lowest BCUT2D eigenvalue weighted by atomic mass is 10.1. The summed E-state index contributed by atoms with van der Waals surface area (Å²) in [6.45, 7) is 2.37. The molecule has 88 valence electrons. The number of fused-ring (bicyclic) bond motifs is 1. The van der Waals surface area contributed by atoms with Gasteiger partial charge in [-0.25, -0.2) is 0 Å². The first kappa shape index (κ1) is 11.2. The average molecular weight is 232 g/mol. The van der Waals surface area contributed by atoms with E-state index in [0.717, 1.165) is 17.1 Å². The third-order valence-corrected chi connectivity index (χ3v) is 2.36. The summed E-state index contributed by atoms with van der Waals surface area (Å²) in [5.41, 5.74) is 1.61. The van der Waals surface area contributed by atoms with E-state index >= 15 is 0 Å². The van der Waals surface area contributed by atoms with Gasteiger partial charge in [0.25, 0.3) is 0 Å². The van der Waals surface area contributed by atoms with Crippen LogP contribution in [0.5, 0.6) is 5.88 Å². The minimum absolute atomic E-state index is 0.489. The summed E-state index contributed by atoms with van der Waals surface area (Å²) in [5.74, 6) is 0.562. The molecule has 0 fully saturated rings. The molecule has 0 aliphatic heterocycles. The van der Waals surface area contributed by atoms with Gasteiger partial charge < -0.3 is 9.72 Å². The van der Waals surface area contributed by atoms with E-state index in [1.165, 1.54) is 6.08 Å². The van der Waals surface area contributed by atoms with E-state index in [2.05, 4.69) is 4.98 Å². The molecule has 0 saturated heterocycles. The van der Waals surface area contributed by atoms with Gasteiger partial charge in [0.05, 0.1) is 17.1 Å². The van der Waals surface area contributed by atoms with Crippen molar-refractivity contribution >= 4 is 17.0 Å². The van der Waals surface area contributed by atoms with Crippen molar-refractivity contribution in [3.05, 3.63) is 46.1 Å². The predicted molar refractivity (Wildman–Crippen MR) is 65.5 cm³/mol. The van der Waals surface area contributed by atoms with Gasteiger partial charge in [0.15, 0.2) is 5.88 Å². The van der Waals surface area contributed by atoms with Crippen LogP contribution in [0.4, 0.5) is 0 Å². The average Bonchev–Trinajstić information content (AvgIpc) is 2.64. The smallest absolute Gasteiger partial charge is 0.235 e. The number of H-pyrrole nitrogens is 1. The second-order valence-electron chi connectivity index (χ2n) is 3.45. The standard InChI is InChI=1S/C12H12N2O3/c1-2-17-12-10(7-8-14(15)16)9-5-3-4-6-11(9)13-12/h3-8,13H,2H2,1H3/b8-7+. The zero-order chi connectivity index (χ0) is 12.3. The van der Waals surface area contributed by atoms with Gasteiger partial charge in [0, 0.05) is 17.0 Å². The van der Waals surface area contributed by atoms with Crippen LogP contribution in [-0.2, 0) is 0 Å². The summed E-state index contributed by atoms with van der Waals surface area (Å²) in [5, 5.41) is 11.3. The largest absolute Gasteiger partial charge is 0.479 e. The lowest BCUT2D eigenvalue weighted by Gasteiger charge is -1.99. The molecule has 0 aliphatic rings. The van der Waals surface area contributed by atoms with E-state index in [4.69, 9.17) is 4.74 Å². The van der Waals surface area contributed by atoms with Crippen LogP contribution in [0.2, 0.25) is 0 Å². The van der Waals surface area contributed by atoms with E-state index in [0.29, 0.717) is 18.1 Å². The fraction of sp³-hybridized carbons (Fsp3) is 0.167. The summed E-state index contributed by atoms with van der Waals surface area (Å²) < 4.78 is 5.42. The monoisotopic (exact) mass is 232 g/mol. The molecule has 2 aromatic rings. The maximum Gasteiger partial charge on any atom is 0.235 e. The Hall–Kier alpha value is -2.30. The molecule has 1 N–H and O–H groups in total. The van der Waals surface area contributed by atoms with Gasteiger partial charge in [0.1, 0.15) is 0 Å². The number of para-hydroxylation sites is 1. The van der Waals surface area contributed by atoms with Crippen LogP contribution < -0.4 is 4.74 Å².